The number of Topliss-reactive ketones (excluding diaryl/α,β-unsaturated/α-hetero) is 1. The van der Waals surface area contributed by atoms with Crippen molar-refractivity contribution in [3.8, 4) is 0 Å². The number of aliphatic hydroxyl groups is 1. The Morgan fingerprint density at radius 2 is 1.69 bits per heavy atom. The molecule has 0 aromatic heterocycles. The second kappa shape index (κ2) is 11.6. The third kappa shape index (κ3) is 8.11. The zero-order chi connectivity index (χ0) is 19.6. The molecule has 1 fully saturated rings. The normalized spacial score (nSPS) is 23.3. The fourth-order valence-corrected chi connectivity index (χ4v) is 3.96. The summed E-state index contributed by atoms with van der Waals surface area (Å²) in [5.41, 5.74) is 0. The third-order valence-corrected chi connectivity index (χ3v) is 5.61. The maximum absolute atomic E-state index is 13.8. The largest absolute Gasteiger partial charge is 0.481 e. The van der Waals surface area contributed by atoms with E-state index in [2.05, 4.69) is 0 Å². The molecule has 2 N–H and O–H groups in total. The lowest BCUT2D eigenvalue weighted by Crippen LogP contribution is -2.29. The molecule has 1 rings (SSSR count). The van der Waals surface area contributed by atoms with Crippen LogP contribution < -0.4 is 0 Å². The summed E-state index contributed by atoms with van der Waals surface area (Å²) in [7, 11) is 0. The van der Waals surface area contributed by atoms with Gasteiger partial charge in [-0.1, -0.05) is 32.6 Å². The van der Waals surface area contributed by atoms with E-state index >= 15 is 0 Å². The van der Waals surface area contributed by atoms with E-state index in [4.69, 9.17) is 5.11 Å². The molecule has 0 spiro atoms. The summed E-state index contributed by atoms with van der Waals surface area (Å²) in [6.45, 7) is 1.83. The molecule has 152 valence electrons. The maximum atomic E-state index is 13.8. The van der Waals surface area contributed by atoms with Crippen LogP contribution in [0.3, 0.4) is 0 Å². The van der Waals surface area contributed by atoms with Crippen molar-refractivity contribution in [2.45, 2.75) is 102 Å². The molecule has 6 heteroatoms. The molecule has 1 aliphatic rings. The lowest BCUT2D eigenvalue weighted by atomic mass is 9.85. The molecule has 0 heterocycles. The molecule has 4 nitrogen and oxygen atoms in total. The van der Waals surface area contributed by atoms with Crippen molar-refractivity contribution >= 4 is 11.8 Å². The van der Waals surface area contributed by atoms with Crippen LogP contribution >= 0.6 is 0 Å². The van der Waals surface area contributed by atoms with Gasteiger partial charge in [0.05, 0.1) is 6.10 Å². The Kier molecular flexibility index (Phi) is 10.3. The smallest absolute Gasteiger partial charge is 0.305 e. The van der Waals surface area contributed by atoms with Crippen molar-refractivity contribution in [2.24, 2.45) is 11.8 Å². The number of hydrogen-bond acceptors (Lipinski definition) is 3. The number of carbonyl (C=O) groups is 2. The van der Waals surface area contributed by atoms with Crippen LogP contribution in [0.4, 0.5) is 8.78 Å². The number of carboxylic acids is 1. The second-order valence-corrected chi connectivity index (χ2v) is 7.69. The Morgan fingerprint density at radius 3 is 2.35 bits per heavy atom. The van der Waals surface area contributed by atoms with Gasteiger partial charge in [0.1, 0.15) is 0 Å². The molecular weight excluding hydrogens is 342 g/mol. The molecule has 0 aromatic carbocycles. The number of ketones is 1. The van der Waals surface area contributed by atoms with Crippen LogP contribution in [0.15, 0.2) is 0 Å². The monoisotopic (exact) mass is 376 g/mol. The van der Waals surface area contributed by atoms with E-state index in [0.29, 0.717) is 32.1 Å². The Hall–Kier alpha value is -1.04. The van der Waals surface area contributed by atoms with Gasteiger partial charge in [0.15, 0.2) is 0 Å². The Balaban J connectivity index is 2.33. The van der Waals surface area contributed by atoms with Crippen molar-refractivity contribution in [3.63, 3.8) is 0 Å². The van der Waals surface area contributed by atoms with E-state index in [9.17, 15) is 23.5 Å². The van der Waals surface area contributed by atoms with Gasteiger partial charge in [-0.2, -0.15) is 8.78 Å². The molecule has 0 radical (unpaired) electrons. The first-order chi connectivity index (χ1) is 12.3. The predicted molar refractivity (Wildman–Crippen MR) is 96.3 cm³/mol. The van der Waals surface area contributed by atoms with Crippen LogP contribution in [-0.4, -0.2) is 34.0 Å². The number of aliphatic carboxylic acids is 1. The quantitative estimate of drug-likeness (QED) is 0.420. The van der Waals surface area contributed by atoms with Gasteiger partial charge in [0.25, 0.3) is 0 Å². The van der Waals surface area contributed by atoms with Gasteiger partial charge >= 0.3 is 11.9 Å². The standard InChI is InChI=1S/C20H34F2O4/c1-2-3-14-20(21,22)18(24)13-11-15-10-12-17(23)16(15)8-6-4-5-7-9-19(25)26/h15-17,23H,2-14H2,1H3,(H,25,26)/t15-,16?,17+/m1/s1. The van der Waals surface area contributed by atoms with Crippen LogP contribution in [0, 0.1) is 11.8 Å². The first-order valence-corrected chi connectivity index (χ1v) is 10.1. The Labute approximate surface area is 155 Å². The molecule has 0 aromatic rings. The average molecular weight is 376 g/mol. The molecule has 26 heavy (non-hydrogen) atoms. The molecule has 0 saturated heterocycles. The van der Waals surface area contributed by atoms with E-state index in [-0.39, 0.29) is 31.1 Å². The van der Waals surface area contributed by atoms with Crippen LogP contribution in [0.1, 0.15) is 90.4 Å². The van der Waals surface area contributed by atoms with Crippen molar-refractivity contribution in [2.75, 3.05) is 0 Å². The number of carboxylic acid groups (broad SMARTS) is 1. The molecule has 3 atom stereocenters. The van der Waals surface area contributed by atoms with Crippen LogP contribution in [0.2, 0.25) is 0 Å². The van der Waals surface area contributed by atoms with E-state index in [1.165, 1.54) is 0 Å². The van der Waals surface area contributed by atoms with Gasteiger partial charge in [-0.15, -0.1) is 0 Å². The third-order valence-electron chi connectivity index (χ3n) is 5.61. The molecule has 0 aliphatic heterocycles. The van der Waals surface area contributed by atoms with Crippen molar-refractivity contribution in [1.82, 2.24) is 0 Å². The molecule has 1 aliphatic carbocycles. The number of alkyl halides is 2. The second-order valence-electron chi connectivity index (χ2n) is 7.69. The van der Waals surface area contributed by atoms with Gasteiger partial charge in [0, 0.05) is 19.3 Å². The summed E-state index contributed by atoms with van der Waals surface area (Å²) in [6.07, 6.45) is 6.34. The minimum atomic E-state index is -3.22. The van der Waals surface area contributed by atoms with Crippen molar-refractivity contribution in [3.05, 3.63) is 0 Å². The highest BCUT2D eigenvalue weighted by Crippen LogP contribution is 2.39. The first-order valence-electron chi connectivity index (χ1n) is 10.1. The van der Waals surface area contributed by atoms with Crippen LogP contribution in [-0.2, 0) is 9.59 Å². The summed E-state index contributed by atoms with van der Waals surface area (Å²) in [5, 5.41) is 18.8. The SMILES string of the molecule is CCCCC(F)(F)C(=O)CC[C@H]1CC[C@H](O)C1CCCCCCC(=O)O. The highest BCUT2D eigenvalue weighted by atomic mass is 19.3. The van der Waals surface area contributed by atoms with E-state index in [0.717, 1.165) is 32.1 Å². The summed E-state index contributed by atoms with van der Waals surface area (Å²) in [5.74, 6) is -4.75. The summed E-state index contributed by atoms with van der Waals surface area (Å²) < 4.78 is 27.6. The van der Waals surface area contributed by atoms with Gasteiger partial charge in [-0.25, -0.2) is 0 Å². The average Bonchev–Trinajstić information content (AvgIpc) is 2.93. The van der Waals surface area contributed by atoms with E-state index in [1.807, 2.05) is 6.92 Å². The Bertz CT molecular complexity index is 440. The van der Waals surface area contributed by atoms with Gasteiger partial charge in [0.2, 0.25) is 5.78 Å². The molecule has 1 saturated carbocycles. The summed E-state index contributed by atoms with van der Waals surface area (Å²) in [4.78, 5) is 22.3. The zero-order valence-corrected chi connectivity index (χ0v) is 15.9. The minimum absolute atomic E-state index is 0.0755. The number of rotatable bonds is 14. The molecular formula is C20H34F2O4. The summed E-state index contributed by atoms with van der Waals surface area (Å²) >= 11 is 0. The lowest BCUT2D eigenvalue weighted by Gasteiger charge is -2.23. The number of carbonyl (C=O) groups excluding carboxylic acids is 1. The molecule has 0 amide bonds. The van der Waals surface area contributed by atoms with Crippen LogP contribution in [0.25, 0.3) is 0 Å². The lowest BCUT2D eigenvalue weighted by molar-refractivity contribution is -0.144. The summed E-state index contributed by atoms with van der Waals surface area (Å²) in [6, 6.07) is 0. The van der Waals surface area contributed by atoms with Gasteiger partial charge in [-0.05, 0) is 50.4 Å². The number of hydrogen-bond donors (Lipinski definition) is 2. The highest BCUT2D eigenvalue weighted by Gasteiger charge is 2.39. The highest BCUT2D eigenvalue weighted by molar-refractivity contribution is 5.85. The fourth-order valence-electron chi connectivity index (χ4n) is 3.96. The fraction of sp³-hybridized carbons (Fsp3) is 0.900. The predicted octanol–water partition coefficient (Wildman–Crippen LogP) is 4.97. The first kappa shape index (κ1) is 23.0. The topological polar surface area (TPSA) is 74.6 Å². The van der Waals surface area contributed by atoms with Crippen LogP contribution in [0.5, 0.6) is 0 Å². The number of unbranched alkanes of at least 4 members (excludes halogenated alkanes) is 4. The molecule has 0 bridgehead atoms. The van der Waals surface area contributed by atoms with Gasteiger partial charge in [-0.3, -0.25) is 9.59 Å². The Morgan fingerprint density at radius 1 is 1.00 bits per heavy atom. The minimum Gasteiger partial charge on any atom is -0.481 e. The zero-order valence-electron chi connectivity index (χ0n) is 15.9. The number of halogens is 2. The van der Waals surface area contributed by atoms with E-state index < -0.39 is 23.8 Å². The number of aliphatic hydroxyl groups excluding tert-OH is 1. The van der Waals surface area contributed by atoms with Gasteiger partial charge < -0.3 is 10.2 Å². The van der Waals surface area contributed by atoms with E-state index in [1.54, 1.807) is 0 Å². The molecule has 1 unspecified atom stereocenters. The van der Waals surface area contributed by atoms with Crippen molar-refractivity contribution in [1.29, 1.82) is 0 Å². The maximum Gasteiger partial charge on any atom is 0.305 e. The van der Waals surface area contributed by atoms with Crippen molar-refractivity contribution < 1.29 is 28.6 Å².